The highest BCUT2D eigenvalue weighted by Crippen LogP contribution is 2.18. The summed E-state index contributed by atoms with van der Waals surface area (Å²) in [5, 5.41) is 3.72. The van der Waals surface area contributed by atoms with E-state index in [9.17, 15) is 8.42 Å². The Morgan fingerprint density at radius 2 is 1.95 bits per heavy atom. The van der Waals surface area contributed by atoms with Crippen LogP contribution in [0.3, 0.4) is 0 Å². The number of aryl methyl sites for hydroxylation is 3. The van der Waals surface area contributed by atoms with Gasteiger partial charge in [-0.25, -0.2) is 8.42 Å². The molecule has 2 aromatic rings. The number of hydrogen-bond donors (Lipinski definition) is 0. The van der Waals surface area contributed by atoms with E-state index in [1.165, 1.54) is 0 Å². The summed E-state index contributed by atoms with van der Waals surface area (Å²) >= 11 is 0. The van der Waals surface area contributed by atoms with Gasteiger partial charge in [0.15, 0.2) is 15.7 Å². The Labute approximate surface area is 118 Å². The zero-order valence-electron chi connectivity index (χ0n) is 11.9. The van der Waals surface area contributed by atoms with Crippen LogP contribution in [0.4, 0.5) is 0 Å². The molecule has 0 aliphatic rings. The molecule has 0 amide bonds. The van der Waals surface area contributed by atoms with Crippen LogP contribution in [0.5, 0.6) is 0 Å². The largest absolute Gasteiger partial charge is 0.339 e. The minimum atomic E-state index is -3.44. The first-order valence-electron chi connectivity index (χ1n) is 6.54. The molecule has 1 aromatic heterocycles. The van der Waals surface area contributed by atoms with E-state index in [-0.39, 0.29) is 11.6 Å². The number of hydrogen-bond acceptors (Lipinski definition) is 5. The summed E-state index contributed by atoms with van der Waals surface area (Å²) in [6, 6.07) is 5.10. The van der Waals surface area contributed by atoms with Crippen LogP contribution in [0.2, 0.25) is 0 Å². The van der Waals surface area contributed by atoms with Gasteiger partial charge >= 0.3 is 0 Å². The molecular formula is C14H18N2O3S. The van der Waals surface area contributed by atoms with Gasteiger partial charge in [-0.1, -0.05) is 18.1 Å². The Morgan fingerprint density at radius 1 is 1.20 bits per heavy atom. The fraction of sp³-hybridized carbons (Fsp3) is 0.429. The first-order valence-corrected chi connectivity index (χ1v) is 8.19. The van der Waals surface area contributed by atoms with E-state index >= 15 is 0 Å². The van der Waals surface area contributed by atoms with Crippen molar-refractivity contribution in [3.8, 4) is 0 Å². The van der Waals surface area contributed by atoms with Crippen LogP contribution in [0, 0.1) is 13.8 Å². The molecule has 0 aliphatic carbocycles. The Kier molecular flexibility index (Phi) is 4.23. The van der Waals surface area contributed by atoms with Crippen molar-refractivity contribution < 1.29 is 12.9 Å². The lowest BCUT2D eigenvalue weighted by Gasteiger charge is -2.05. The van der Waals surface area contributed by atoms with E-state index < -0.39 is 9.84 Å². The predicted octanol–water partition coefficient (Wildman–Crippen LogP) is 2.61. The van der Waals surface area contributed by atoms with Crippen molar-refractivity contribution in [2.45, 2.75) is 44.3 Å². The lowest BCUT2D eigenvalue weighted by molar-refractivity contribution is 0.373. The third-order valence-electron chi connectivity index (χ3n) is 3.13. The molecule has 20 heavy (non-hydrogen) atoms. The predicted molar refractivity (Wildman–Crippen MR) is 75.1 cm³/mol. The monoisotopic (exact) mass is 294 g/mol. The van der Waals surface area contributed by atoms with Gasteiger partial charge < -0.3 is 4.52 Å². The van der Waals surface area contributed by atoms with Gasteiger partial charge in [-0.3, -0.25) is 0 Å². The summed E-state index contributed by atoms with van der Waals surface area (Å²) in [6.07, 6.45) is 1.54. The molecule has 0 saturated heterocycles. The summed E-state index contributed by atoms with van der Waals surface area (Å²) < 4.78 is 29.6. The van der Waals surface area contributed by atoms with Gasteiger partial charge in [0.05, 0.1) is 4.90 Å². The third-order valence-corrected chi connectivity index (χ3v) is 4.74. The fourth-order valence-corrected chi connectivity index (χ4v) is 3.08. The molecule has 0 unspecified atom stereocenters. The summed E-state index contributed by atoms with van der Waals surface area (Å²) in [4.78, 5) is 4.39. The quantitative estimate of drug-likeness (QED) is 0.847. The van der Waals surface area contributed by atoms with Gasteiger partial charge in [0.25, 0.3) is 0 Å². The second-order valence-corrected chi connectivity index (χ2v) is 6.85. The van der Waals surface area contributed by atoms with Crippen LogP contribution in [0.15, 0.2) is 27.6 Å². The molecule has 6 heteroatoms. The third kappa shape index (κ3) is 3.25. The smallest absolute Gasteiger partial charge is 0.226 e. The molecule has 0 aliphatic heterocycles. The van der Waals surface area contributed by atoms with E-state index in [1.54, 1.807) is 18.2 Å². The first kappa shape index (κ1) is 14.7. The maximum Gasteiger partial charge on any atom is 0.226 e. The van der Waals surface area contributed by atoms with E-state index in [4.69, 9.17) is 4.52 Å². The van der Waals surface area contributed by atoms with Crippen LogP contribution in [-0.4, -0.2) is 18.6 Å². The zero-order valence-corrected chi connectivity index (χ0v) is 12.7. The molecule has 5 nitrogen and oxygen atoms in total. The molecule has 1 heterocycles. The normalized spacial score (nSPS) is 11.8. The SMILES string of the molecule is CCCc1nc(CS(=O)(=O)c2ccc(C)c(C)c2)no1. The lowest BCUT2D eigenvalue weighted by Crippen LogP contribution is -2.07. The van der Waals surface area contributed by atoms with Gasteiger partial charge in [-0.05, 0) is 43.5 Å². The van der Waals surface area contributed by atoms with Crippen LogP contribution in [-0.2, 0) is 22.0 Å². The number of nitrogens with zero attached hydrogens (tertiary/aromatic N) is 2. The van der Waals surface area contributed by atoms with E-state index in [0.29, 0.717) is 17.2 Å². The van der Waals surface area contributed by atoms with Crippen molar-refractivity contribution in [1.82, 2.24) is 10.1 Å². The van der Waals surface area contributed by atoms with Crippen molar-refractivity contribution >= 4 is 9.84 Å². The zero-order chi connectivity index (χ0) is 14.8. The minimum Gasteiger partial charge on any atom is -0.339 e. The minimum absolute atomic E-state index is 0.215. The first-order chi connectivity index (χ1) is 9.42. The van der Waals surface area contributed by atoms with E-state index in [1.807, 2.05) is 20.8 Å². The van der Waals surface area contributed by atoms with Gasteiger partial charge in [-0.15, -0.1) is 0 Å². The highest BCUT2D eigenvalue weighted by atomic mass is 32.2. The molecule has 2 rings (SSSR count). The maximum atomic E-state index is 12.3. The average molecular weight is 294 g/mol. The summed E-state index contributed by atoms with van der Waals surface area (Å²) in [7, 11) is -3.44. The topological polar surface area (TPSA) is 73.1 Å². The molecule has 0 atom stereocenters. The number of rotatable bonds is 5. The Bertz CT molecular complexity index is 705. The number of sulfone groups is 1. The molecule has 0 fully saturated rings. The van der Waals surface area contributed by atoms with Crippen molar-refractivity contribution in [3.63, 3.8) is 0 Å². The van der Waals surface area contributed by atoms with Gasteiger partial charge in [-0.2, -0.15) is 4.98 Å². The second-order valence-electron chi connectivity index (χ2n) is 4.86. The standard InChI is InChI=1S/C14H18N2O3S/c1-4-5-14-15-13(16-19-14)9-20(17,18)12-7-6-10(2)11(3)8-12/h6-8H,4-5,9H2,1-3H3. The van der Waals surface area contributed by atoms with Crippen molar-refractivity contribution in [3.05, 3.63) is 41.0 Å². The Hall–Kier alpha value is -1.69. The van der Waals surface area contributed by atoms with Gasteiger partial charge in [0.1, 0.15) is 5.75 Å². The molecule has 0 bridgehead atoms. The van der Waals surface area contributed by atoms with Crippen LogP contribution < -0.4 is 0 Å². The summed E-state index contributed by atoms with van der Waals surface area (Å²) in [5.41, 5.74) is 2.01. The molecule has 108 valence electrons. The Balaban J connectivity index is 2.23. The van der Waals surface area contributed by atoms with E-state index in [2.05, 4.69) is 10.1 Å². The van der Waals surface area contributed by atoms with E-state index in [0.717, 1.165) is 17.5 Å². The second kappa shape index (κ2) is 5.75. The molecule has 0 radical (unpaired) electrons. The summed E-state index contributed by atoms with van der Waals surface area (Å²) in [6.45, 7) is 5.83. The maximum absolute atomic E-state index is 12.3. The molecular weight excluding hydrogens is 276 g/mol. The van der Waals surface area contributed by atoms with Crippen LogP contribution in [0.25, 0.3) is 0 Å². The average Bonchev–Trinajstić information content (AvgIpc) is 2.79. The van der Waals surface area contributed by atoms with Gasteiger partial charge in [0.2, 0.25) is 5.89 Å². The Morgan fingerprint density at radius 3 is 2.60 bits per heavy atom. The molecule has 0 saturated carbocycles. The highest BCUT2D eigenvalue weighted by molar-refractivity contribution is 7.90. The number of benzene rings is 1. The van der Waals surface area contributed by atoms with Crippen molar-refractivity contribution in [2.75, 3.05) is 0 Å². The molecule has 0 N–H and O–H groups in total. The fourth-order valence-electron chi connectivity index (χ4n) is 1.82. The number of aromatic nitrogens is 2. The highest BCUT2D eigenvalue weighted by Gasteiger charge is 2.19. The van der Waals surface area contributed by atoms with Gasteiger partial charge in [0, 0.05) is 6.42 Å². The van der Waals surface area contributed by atoms with Crippen molar-refractivity contribution in [1.29, 1.82) is 0 Å². The molecule has 0 spiro atoms. The summed E-state index contributed by atoms with van der Waals surface area (Å²) in [5.74, 6) is 0.465. The van der Waals surface area contributed by atoms with Crippen LogP contribution in [0.1, 0.15) is 36.2 Å². The molecule has 1 aromatic carbocycles. The lowest BCUT2D eigenvalue weighted by atomic mass is 10.1. The van der Waals surface area contributed by atoms with Crippen LogP contribution >= 0.6 is 0 Å². The van der Waals surface area contributed by atoms with Crippen molar-refractivity contribution in [2.24, 2.45) is 0 Å².